The second kappa shape index (κ2) is 6.45. The molecule has 4 heteroatoms. The Balaban J connectivity index is 1.95. The summed E-state index contributed by atoms with van der Waals surface area (Å²) in [6.07, 6.45) is 2.20. The van der Waals surface area contributed by atoms with E-state index in [0.717, 1.165) is 25.4 Å². The van der Waals surface area contributed by atoms with Crippen molar-refractivity contribution < 1.29 is 4.74 Å². The maximum Gasteiger partial charge on any atom is 0.118 e. The average molecular weight is 266 g/mol. The van der Waals surface area contributed by atoms with E-state index in [-0.39, 0.29) is 0 Å². The molecule has 1 N–H and O–H groups in total. The monoisotopic (exact) mass is 266 g/mol. The maximum atomic E-state index is 5.18. The van der Waals surface area contributed by atoms with Gasteiger partial charge in [-0.3, -0.25) is 4.90 Å². The highest BCUT2D eigenvalue weighted by atomic mass is 32.2. The quantitative estimate of drug-likeness (QED) is 0.879. The molecule has 2 rings (SSSR count). The van der Waals surface area contributed by atoms with Crippen LogP contribution in [0.4, 0.5) is 0 Å². The summed E-state index contributed by atoms with van der Waals surface area (Å²) in [5.41, 5.74) is 1.34. The number of methoxy groups -OCH3 is 1. The van der Waals surface area contributed by atoms with E-state index in [1.807, 2.05) is 23.9 Å². The van der Waals surface area contributed by atoms with Gasteiger partial charge in [0.15, 0.2) is 0 Å². The van der Waals surface area contributed by atoms with Crippen molar-refractivity contribution in [2.24, 2.45) is 0 Å². The standard InChI is InChI=1S/C14H22N2OS/c1-16(13-8-15-9-14(13)18-3)10-11-4-6-12(17-2)7-5-11/h4-7,13-15H,8-10H2,1-3H3. The van der Waals surface area contributed by atoms with Crippen LogP contribution in [0.25, 0.3) is 0 Å². The zero-order valence-corrected chi connectivity index (χ0v) is 12.2. The van der Waals surface area contributed by atoms with Crippen molar-refractivity contribution >= 4 is 11.8 Å². The van der Waals surface area contributed by atoms with Crippen LogP contribution in [0.3, 0.4) is 0 Å². The zero-order valence-electron chi connectivity index (χ0n) is 11.3. The molecule has 1 fully saturated rings. The van der Waals surface area contributed by atoms with Crippen molar-refractivity contribution in [3.63, 3.8) is 0 Å². The van der Waals surface area contributed by atoms with Crippen LogP contribution in [0.1, 0.15) is 5.56 Å². The Hall–Kier alpha value is -0.710. The number of nitrogens with one attached hydrogen (secondary N) is 1. The number of rotatable bonds is 5. The van der Waals surface area contributed by atoms with Crippen molar-refractivity contribution in [3.8, 4) is 5.75 Å². The first-order valence-corrected chi connectivity index (χ1v) is 7.60. The van der Waals surface area contributed by atoms with Crippen molar-refractivity contribution in [2.45, 2.75) is 17.8 Å². The van der Waals surface area contributed by atoms with Crippen molar-refractivity contribution in [3.05, 3.63) is 29.8 Å². The first kappa shape index (κ1) is 13.7. The molecule has 0 radical (unpaired) electrons. The summed E-state index contributed by atoms with van der Waals surface area (Å²) in [7, 11) is 3.92. The topological polar surface area (TPSA) is 24.5 Å². The molecule has 0 amide bonds. The van der Waals surface area contributed by atoms with Gasteiger partial charge in [0.25, 0.3) is 0 Å². The Kier molecular flexibility index (Phi) is 4.92. The summed E-state index contributed by atoms with van der Waals surface area (Å²) in [4.78, 5) is 2.45. The van der Waals surface area contributed by atoms with Gasteiger partial charge in [-0.05, 0) is 31.0 Å². The van der Waals surface area contributed by atoms with Gasteiger partial charge in [0.2, 0.25) is 0 Å². The van der Waals surface area contributed by atoms with E-state index >= 15 is 0 Å². The third-order valence-electron chi connectivity index (χ3n) is 3.59. The van der Waals surface area contributed by atoms with Gasteiger partial charge in [0, 0.05) is 30.9 Å². The van der Waals surface area contributed by atoms with Crippen molar-refractivity contribution in [1.82, 2.24) is 10.2 Å². The Bertz CT molecular complexity index is 369. The molecule has 1 aliphatic rings. The molecular weight excluding hydrogens is 244 g/mol. The highest BCUT2D eigenvalue weighted by Gasteiger charge is 2.29. The Morgan fingerprint density at radius 1 is 1.33 bits per heavy atom. The molecule has 2 atom stereocenters. The Morgan fingerprint density at radius 3 is 2.67 bits per heavy atom. The summed E-state index contributed by atoms with van der Waals surface area (Å²) in [5.74, 6) is 0.922. The van der Waals surface area contributed by atoms with Crippen LogP contribution < -0.4 is 10.1 Å². The fourth-order valence-electron chi connectivity index (χ4n) is 2.46. The lowest BCUT2D eigenvalue weighted by Gasteiger charge is -2.28. The fourth-order valence-corrected chi connectivity index (χ4v) is 3.36. The van der Waals surface area contributed by atoms with Crippen LogP contribution in [-0.2, 0) is 6.54 Å². The SMILES string of the molecule is COc1ccc(CN(C)C2CNCC2SC)cc1. The van der Waals surface area contributed by atoms with Crippen LogP contribution in [0, 0.1) is 0 Å². The number of ether oxygens (including phenoxy) is 1. The minimum atomic E-state index is 0.627. The van der Waals surface area contributed by atoms with Crippen molar-refractivity contribution in [2.75, 3.05) is 33.5 Å². The second-order valence-electron chi connectivity index (χ2n) is 4.76. The highest BCUT2D eigenvalue weighted by Crippen LogP contribution is 2.21. The molecule has 2 unspecified atom stereocenters. The molecule has 0 spiro atoms. The van der Waals surface area contributed by atoms with E-state index in [1.54, 1.807) is 7.11 Å². The molecular formula is C14H22N2OS. The molecule has 0 saturated carbocycles. The second-order valence-corrected chi connectivity index (χ2v) is 5.84. The number of hydrogen-bond acceptors (Lipinski definition) is 4. The smallest absolute Gasteiger partial charge is 0.118 e. The number of likely N-dealkylation sites (N-methyl/N-ethyl adjacent to an activating group) is 1. The predicted molar refractivity (Wildman–Crippen MR) is 78.4 cm³/mol. The Labute approximate surface area is 114 Å². The summed E-state index contributed by atoms with van der Waals surface area (Å²) < 4.78 is 5.18. The summed E-state index contributed by atoms with van der Waals surface area (Å²) >= 11 is 1.96. The van der Waals surface area contributed by atoms with E-state index in [2.05, 4.69) is 35.7 Å². The number of benzene rings is 1. The molecule has 1 aliphatic heterocycles. The minimum Gasteiger partial charge on any atom is -0.497 e. The molecule has 1 aromatic rings. The summed E-state index contributed by atoms with van der Waals surface area (Å²) in [6.45, 7) is 3.21. The van der Waals surface area contributed by atoms with Crippen LogP contribution in [-0.4, -0.2) is 49.7 Å². The van der Waals surface area contributed by atoms with Crippen LogP contribution in [0.2, 0.25) is 0 Å². The third-order valence-corrected chi connectivity index (χ3v) is 4.67. The fraction of sp³-hybridized carbons (Fsp3) is 0.571. The van der Waals surface area contributed by atoms with Gasteiger partial charge >= 0.3 is 0 Å². The first-order valence-electron chi connectivity index (χ1n) is 6.31. The lowest BCUT2D eigenvalue weighted by Crippen LogP contribution is -2.38. The molecule has 0 aromatic heterocycles. The summed E-state index contributed by atoms with van der Waals surface area (Å²) in [6, 6.07) is 8.98. The molecule has 1 heterocycles. The van der Waals surface area contributed by atoms with E-state index < -0.39 is 0 Å². The largest absolute Gasteiger partial charge is 0.497 e. The van der Waals surface area contributed by atoms with Gasteiger partial charge in [0.1, 0.15) is 5.75 Å². The molecule has 0 bridgehead atoms. The molecule has 1 saturated heterocycles. The van der Waals surface area contributed by atoms with Crippen molar-refractivity contribution in [1.29, 1.82) is 0 Å². The van der Waals surface area contributed by atoms with Gasteiger partial charge in [-0.1, -0.05) is 12.1 Å². The number of nitrogens with zero attached hydrogens (tertiary/aromatic N) is 1. The summed E-state index contributed by atoms with van der Waals surface area (Å²) in [5, 5.41) is 4.18. The molecule has 0 aliphatic carbocycles. The predicted octanol–water partition coefficient (Wildman–Crippen LogP) is 1.83. The van der Waals surface area contributed by atoms with Crippen LogP contribution in [0.15, 0.2) is 24.3 Å². The normalized spacial score (nSPS) is 23.6. The van der Waals surface area contributed by atoms with Gasteiger partial charge in [-0.15, -0.1) is 0 Å². The molecule has 18 heavy (non-hydrogen) atoms. The van der Waals surface area contributed by atoms with E-state index in [0.29, 0.717) is 11.3 Å². The van der Waals surface area contributed by atoms with Gasteiger partial charge < -0.3 is 10.1 Å². The molecule has 3 nitrogen and oxygen atoms in total. The average Bonchev–Trinajstić information content (AvgIpc) is 2.88. The molecule has 1 aromatic carbocycles. The van der Waals surface area contributed by atoms with Crippen LogP contribution >= 0.6 is 11.8 Å². The highest BCUT2D eigenvalue weighted by molar-refractivity contribution is 7.99. The van der Waals surface area contributed by atoms with Gasteiger partial charge in [0.05, 0.1) is 7.11 Å². The first-order chi connectivity index (χ1) is 8.74. The van der Waals surface area contributed by atoms with Gasteiger partial charge in [-0.25, -0.2) is 0 Å². The zero-order chi connectivity index (χ0) is 13.0. The number of thioether (sulfide) groups is 1. The maximum absolute atomic E-state index is 5.18. The van der Waals surface area contributed by atoms with Crippen LogP contribution in [0.5, 0.6) is 5.75 Å². The van der Waals surface area contributed by atoms with E-state index in [1.165, 1.54) is 5.56 Å². The minimum absolute atomic E-state index is 0.627. The lowest BCUT2D eigenvalue weighted by molar-refractivity contribution is 0.253. The number of hydrogen-bond donors (Lipinski definition) is 1. The van der Waals surface area contributed by atoms with E-state index in [4.69, 9.17) is 4.74 Å². The molecule has 100 valence electrons. The Morgan fingerprint density at radius 2 is 2.06 bits per heavy atom. The van der Waals surface area contributed by atoms with Gasteiger partial charge in [-0.2, -0.15) is 11.8 Å². The lowest BCUT2D eigenvalue weighted by atomic mass is 10.1. The third kappa shape index (κ3) is 3.19. The van der Waals surface area contributed by atoms with E-state index in [9.17, 15) is 0 Å².